The van der Waals surface area contributed by atoms with E-state index >= 15 is 0 Å². The number of rotatable bonds is 7. The number of ether oxygens (including phenoxy) is 1. The molecule has 0 unspecified atom stereocenters. The molecule has 1 aromatic carbocycles. The van der Waals surface area contributed by atoms with Crippen molar-refractivity contribution in [1.82, 2.24) is 25.3 Å². The third kappa shape index (κ3) is 5.15. The van der Waals surface area contributed by atoms with Crippen LogP contribution in [-0.2, 0) is 11.8 Å². The van der Waals surface area contributed by atoms with Gasteiger partial charge in [-0.1, -0.05) is 0 Å². The molecule has 1 fully saturated rings. The fourth-order valence-corrected chi connectivity index (χ4v) is 3.34. The number of carbonyl (C=O) groups excluding carboxylic acids is 1. The summed E-state index contributed by atoms with van der Waals surface area (Å²) < 4.78 is 20.0. The second-order valence-electron chi connectivity index (χ2n) is 7.13. The van der Waals surface area contributed by atoms with Gasteiger partial charge in [0.15, 0.2) is 5.82 Å². The zero-order chi connectivity index (χ0) is 21.6. The molecule has 1 aliphatic rings. The summed E-state index contributed by atoms with van der Waals surface area (Å²) in [7, 11) is 1.70. The van der Waals surface area contributed by atoms with Crippen LogP contribution in [0.15, 0.2) is 42.6 Å². The summed E-state index contributed by atoms with van der Waals surface area (Å²) in [5.41, 5.74) is 2.78. The number of benzene rings is 1. The molecule has 0 radical (unpaired) electrons. The number of carbonyl (C=O) groups is 1. The maximum atomic E-state index is 13.1. The van der Waals surface area contributed by atoms with Gasteiger partial charge >= 0.3 is 0 Å². The Bertz CT molecular complexity index is 1030. The SMILES string of the molecule is Cn1nc(-c2ccc(F)cc2)cc1C(=O)NCCNc1cc(N2CCOCC2)cnn1. The van der Waals surface area contributed by atoms with Crippen molar-refractivity contribution in [3.05, 3.63) is 54.1 Å². The molecule has 162 valence electrons. The van der Waals surface area contributed by atoms with Crippen molar-refractivity contribution < 1.29 is 13.9 Å². The number of aryl methyl sites for hydroxylation is 1. The predicted molar refractivity (Wildman–Crippen MR) is 114 cm³/mol. The maximum absolute atomic E-state index is 13.1. The molecule has 3 aromatic rings. The zero-order valence-corrected chi connectivity index (χ0v) is 17.2. The molecule has 31 heavy (non-hydrogen) atoms. The van der Waals surface area contributed by atoms with Crippen molar-refractivity contribution in [3.63, 3.8) is 0 Å². The lowest BCUT2D eigenvalue weighted by Crippen LogP contribution is -2.36. The number of nitrogens with zero attached hydrogens (tertiary/aromatic N) is 5. The van der Waals surface area contributed by atoms with E-state index in [-0.39, 0.29) is 11.7 Å². The van der Waals surface area contributed by atoms with Crippen LogP contribution >= 0.6 is 0 Å². The summed E-state index contributed by atoms with van der Waals surface area (Å²) in [5.74, 6) is 0.0982. The Kier molecular flexibility index (Phi) is 6.37. The average Bonchev–Trinajstić information content (AvgIpc) is 3.19. The third-order valence-corrected chi connectivity index (χ3v) is 4.99. The van der Waals surface area contributed by atoms with Gasteiger partial charge < -0.3 is 20.3 Å². The molecule has 2 aromatic heterocycles. The van der Waals surface area contributed by atoms with E-state index in [0.717, 1.165) is 24.3 Å². The lowest BCUT2D eigenvalue weighted by Gasteiger charge is -2.28. The van der Waals surface area contributed by atoms with Crippen molar-refractivity contribution in [1.29, 1.82) is 0 Å². The van der Waals surface area contributed by atoms with E-state index in [9.17, 15) is 9.18 Å². The Morgan fingerprint density at radius 2 is 1.94 bits per heavy atom. The van der Waals surface area contributed by atoms with Crippen LogP contribution in [0.4, 0.5) is 15.9 Å². The highest BCUT2D eigenvalue weighted by Crippen LogP contribution is 2.19. The molecular weight excluding hydrogens is 401 g/mol. The molecular formula is C21H24FN7O2. The maximum Gasteiger partial charge on any atom is 0.269 e. The van der Waals surface area contributed by atoms with Gasteiger partial charge in [0.2, 0.25) is 0 Å². The van der Waals surface area contributed by atoms with Crippen molar-refractivity contribution in [3.8, 4) is 11.3 Å². The number of hydrogen-bond donors (Lipinski definition) is 2. The topological polar surface area (TPSA) is 97.2 Å². The standard InChI is InChI=1S/C21H24FN7O2/c1-28-19(13-18(27-28)15-2-4-16(22)5-3-15)21(30)24-7-6-23-20-12-17(14-25-26-20)29-8-10-31-11-9-29/h2-5,12-14H,6-11H2,1H3,(H,23,26)(H,24,30). The Morgan fingerprint density at radius 1 is 1.16 bits per heavy atom. The van der Waals surface area contributed by atoms with Gasteiger partial charge in [-0.2, -0.15) is 10.2 Å². The first kappa shape index (κ1) is 20.7. The second-order valence-corrected chi connectivity index (χ2v) is 7.13. The molecule has 1 saturated heterocycles. The average molecular weight is 425 g/mol. The van der Waals surface area contributed by atoms with Gasteiger partial charge in [0.05, 0.1) is 30.8 Å². The molecule has 9 nitrogen and oxygen atoms in total. The van der Waals surface area contributed by atoms with E-state index in [0.29, 0.717) is 43.5 Å². The molecule has 0 aliphatic carbocycles. The van der Waals surface area contributed by atoms with Gasteiger partial charge in [-0.05, 0) is 30.3 Å². The van der Waals surface area contributed by atoms with Crippen LogP contribution in [0.2, 0.25) is 0 Å². The summed E-state index contributed by atoms with van der Waals surface area (Å²) >= 11 is 0. The normalized spacial score (nSPS) is 13.8. The van der Waals surface area contributed by atoms with Crippen molar-refractivity contribution in [2.75, 3.05) is 49.6 Å². The lowest BCUT2D eigenvalue weighted by atomic mass is 10.1. The number of halogens is 1. The van der Waals surface area contributed by atoms with Crippen molar-refractivity contribution >= 4 is 17.4 Å². The summed E-state index contributed by atoms with van der Waals surface area (Å²) in [4.78, 5) is 14.7. The second kappa shape index (κ2) is 9.52. The predicted octanol–water partition coefficient (Wildman–Crippen LogP) is 1.69. The monoisotopic (exact) mass is 425 g/mol. The number of nitrogens with one attached hydrogen (secondary N) is 2. The molecule has 1 aliphatic heterocycles. The molecule has 1 amide bonds. The van der Waals surface area contributed by atoms with Crippen LogP contribution in [0.5, 0.6) is 0 Å². The fourth-order valence-electron chi connectivity index (χ4n) is 3.34. The fraction of sp³-hybridized carbons (Fsp3) is 0.333. The minimum absolute atomic E-state index is 0.238. The van der Waals surface area contributed by atoms with E-state index in [1.54, 1.807) is 31.4 Å². The van der Waals surface area contributed by atoms with Gasteiger partial charge in [-0.25, -0.2) is 4.39 Å². The minimum atomic E-state index is -0.315. The molecule has 0 spiro atoms. The van der Waals surface area contributed by atoms with E-state index in [1.807, 2.05) is 6.07 Å². The van der Waals surface area contributed by atoms with Crippen molar-refractivity contribution in [2.24, 2.45) is 7.05 Å². The van der Waals surface area contributed by atoms with Gasteiger partial charge in [-0.15, -0.1) is 5.10 Å². The van der Waals surface area contributed by atoms with Crippen LogP contribution in [0, 0.1) is 5.82 Å². The van der Waals surface area contributed by atoms with Gasteiger partial charge in [0.25, 0.3) is 5.91 Å². The highest BCUT2D eigenvalue weighted by atomic mass is 19.1. The number of amides is 1. The van der Waals surface area contributed by atoms with Crippen LogP contribution < -0.4 is 15.5 Å². The molecule has 10 heteroatoms. The minimum Gasteiger partial charge on any atom is -0.378 e. The van der Waals surface area contributed by atoms with Gasteiger partial charge in [0, 0.05) is 44.9 Å². The van der Waals surface area contributed by atoms with E-state index in [2.05, 4.69) is 30.8 Å². The summed E-state index contributed by atoms with van der Waals surface area (Å²) in [6.45, 7) is 3.95. The quantitative estimate of drug-likeness (QED) is 0.556. The Balaban J connectivity index is 1.29. The Hall–Kier alpha value is -3.53. The number of aromatic nitrogens is 4. The summed E-state index contributed by atoms with van der Waals surface area (Å²) in [6.07, 6.45) is 1.74. The number of hydrogen-bond acceptors (Lipinski definition) is 7. The van der Waals surface area contributed by atoms with Gasteiger partial charge in [-0.3, -0.25) is 9.48 Å². The zero-order valence-electron chi connectivity index (χ0n) is 17.2. The Labute approximate surface area is 179 Å². The summed E-state index contributed by atoms with van der Waals surface area (Å²) in [6, 6.07) is 9.63. The van der Waals surface area contributed by atoms with Crippen LogP contribution in [-0.4, -0.2) is 65.3 Å². The number of anilines is 2. The lowest BCUT2D eigenvalue weighted by molar-refractivity contribution is 0.0945. The van der Waals surface area contributed by atoms with E-state index < -0.39 is 0 Å². The molecule has 0 bridgehead atoms. The van der Waals surface area contributed by atoms with Crippen LogP contribution in [0.25, 0.3) is 11.3 Å². The highest BCUT2D eigenvalue weighted by Gasteiger charge is 2.15. The third-order valence-electron chi connectivity index (χ3n) is 4.99. The molecule has 2 N–H and O–H groups in total. The van der Waals surface area contributed by atoms with E-state index in [4.69, 9.17) is 4.74 Å². The first-order chi connectivity index (χ1) is 15.1. The highest BCUT2D eigenvalue weighted by molar-refractivity contribution is 5.93. The van der Waals surface area contributed by atoms with Crippen LogP contribution in [0.3, 0.4) is 0 Å². The number of morpholine rings is 1. The summed E-state index contributed by atoms with van der Waals surface area (Å²) in [5, 5.41) is 18.5. The largest absolute Gasteiger partial charge is 0.378 e. The molecule has 3 heterocycles. The molecule has 0 atom stereocenters. The van der Waals surface area contributed by atoms with Gasteiger partial charge in [0.1, 0.15) is 11.5 Å². The molecule has 4 rings (SSSR count). The molecule has 0 saturated carbocycles. The van der Waals surface area contributed by atoms with Crippen molar-refractivity contribution in [2.45, 2.75) is 0 Å². The van der Waals surface area contributed by atoms with E-state index in [1.165, 1.54) is 16.8 Å². The first-order valence-corrected chi connectivity index (χ1v) is 10.1. The smallest absolute Gasteiger partial charge is 0.269 e. The van der Waals surface area contributed by atoms with Crippen LogP contribution in [0.1, 0.15) is 10.5 Å². The Morgan fingerprint density at radius 3 is 2.71 bits per heavy atom. The first-order valence-electron chi connectivity index (χ1n) is 10.1.